The first-order chi connectivity index (χ1) is 7.75. The van der Waals surface area contributed by atoms with Crippen molar-refractivity contribution in [3.63, 3.8) is 0 Å². The van der Waals surface area contributed by atoms with Crippen LogP contribution in [0.5, 0.6) is 0 Å². The van der Waals surface area contributed by atoms with Crippen LogP contribution in [-0.2, 0) is 14.8 Å². The van der Waals surface area contributed by atoms with Gasteiger partial charge in [-0.15, -0.1) is 0 Å². The van der Waals surface area contributed by atoms with Crippen molar-refractivity contribution in [2.75, 3.05) is 19.3 Å². The highest BCUT2D eigenvalue weighted by molar-refractivity contribution is 7.89. The summed E-state index contributed by atoms with van der Waals surface area (Å²) in [6.07, 6.45) is 0. The van der Waals surface area contributed by atoms with Crippen LogP contribution in [0.3, 0.4) is 0 Å². The molecule has 0 saturated carbocycles. The Balaban J connectivity index is 3.13. The van der Waals surface area contributed by atoms with Crippen LogP contribution < -0.4 is 11.5 Å². The number of likely N-dealkylation sites (N-methyl/N-ethyl adjacent to an activating group) is 1. The second kappa shape index (κ2) is 4.68. The summed E-state index contributed by atoms with van der Waals surface area (Å²) in [5.41, 5.74) is 9.88. The Labute approximate surface area is 98.1 Å². The highest BCUT2D eigenvalue weighted by Gasteiger charge is 2.22. The lowest BCUT2D eigenvalue weighted by atomic mass is 10.3. The van der Waals surface area contributed by atoms with Crippen molar-refractivity contribution >= 4 is 21.6 Å². The van der Waals surface area contributed by atoms with Gasteiger partial charge in [-0.2, -0.15) is 4.31 Å². The van der Waals surface area contributed by atoms with Gasteiger partial charge in [0.2, 0.25) is 15.9 Å². The molecule has 1 rings (SSSR count). The molecule has 17 heavy (non-hydrogen) atoms. The van der Waals surface area contributed by atoms with E-state index in [0.717, 1.165) is 22.5 Å². The molecular formula is C9H12FN3O3S. The van der Waals surface area contributed by atoms with E-state index in [2.05, 4.69) is 0 Å². The number of hydrogen-bond donors (Lipinski definition) is 2. The maximum Gasteiger partial charge on any atom is 0.243 e. The van der Waals surface area contributed by atoms with Crippen LogP contribution in [-0.4, -0.2) is 32.2 Å². The number of benzene rings is 1. The van der Waals surface area contributed by atoms with E-state index in [1.165, 1.54) is 7.05 Å². The molecule has 0 radical (unpaired) electrons. The number of hydrogen-bond acceptors (Lipinski definition) is 4. The SMILES string of the molecule is CN(CC(N)=O)S(=O)(=O)c1ccc(F)c(N)c1. The number of anilines is 1. The van der Waals surface area contributed by atoms with Gasteiger partial charge in [-0.25, -0.2) is 12.8 Å². The van der Waals surface area contributed by atoms with Crippen LogP contribution in [0.1, 0.15) is 0 Å². The summed E-state index contributed by atoms with van der Waals surface area (Å²) >= 11 is 0. The molecule has 0 bridgehead atoms. The summed E-state index contributed by atoms with van der Waals surface area (Å²) in [6.45, 7) is -0.459. The molecule has 1 aromatic rings. The first-order valence-electron chi connectivity index (χ1n) is 4.55. The molecule has 4 N–H and O–H groups in total. The van der Waals surface area contributed by atoms with Crippen molar-refractivity contribution in [1.29, 1.82) is 0 Å². The van der Waals surface area contributed by atoms with Gasteiger partial charge in [0.1, 0.15) is 5.82 Å². The third-order valence-electron chi connectivity index (χ3n) is 2.05. The molecule has 0 aliphatic carbocycles. The van der Waals surface area contributed by atoms with Crippen LogP contribution in [0.2, 0.25) is 0 Å². The zero-order valence-corrected chi connectivity index (χ0v) is 9.87. The highest BCUT2D eigenvalue weighted by atomic mass is 32.2. The summed E-state index contributed by atoms with van der Waals surface area (Å²) in [6, 6.07) is 3.00. The maximum absolute atomic E-state index is 12.9. The quantitative estimate of drug-likeness (QED) is 0.713. The Morgan fingerprint density at radius 3 is 2.53 bits per heavy atom. The van der Waals surface area contributed by atoms with Gasteiger partial charge in [-0.3, -0.25) is 4.79 Å². The molecule has 1 amide bonds. The van der Waals surface area contributed by atoms with E-state index < -0.39 is 28.3 Å². The van der Waals surface area contributed by atoms with Crippen molar-refractivity contribution in [3.05, 3.63) is 24.0 Å². The van der Waals surface area contributed by atoms with Crippen LogP contribution in [0, 0.1) is 5.82 Å². The summed E-state index contributed by atoms with van der Waals surface area (Å²) in [4.78, 5) is 10.4. The standard InChI is InChI=1S/C9H12FN3O3S/c1-13(5-9(12)14)17(15,16)6-2-3-7(10)8(11)4-6/h2-4H,5,11H2,1H3,(H2,12,14). The van der Waals surface area contributed by atoms with Crippen molar-refractivity contribution < 1.29 is 17.6 Å². The Kier molecular flexibility index (Phi) is 3.69. The van der Waals surface area contributed by atoms with E-state index in [1.54, 1.807) is 0 Å². The summed E-state index contributed by atoms with van der Waals surface area (Å²) in [7, 11) is -2.69. The van der Waals surface area contributed by atoms with Gasteiger partial charge in [0.25, 0.3) is 0 Å². The lowest BCUT2D eigenvalue weighted by molar-refractivity contribution is -0.118. The van der Waals surface area contributed by atoms with E-state index in [9.17, 15) is 17.6 Å². The predicted molar refractivity (Wildman–Crippen MR) is 59.8 cm³/mol. The Morgan fingerprint density at radius 1 is 1.47 bits per heavy atom. The van der Waals surface area contributed by atoms with Crippen LogP contribution >= 0.6 is 0 Å². The first-order valence-corrected chi connectivity index (χ1v) is 5.99. The third kappa shape index (κ3) is 2.92. The average Bonchev–Trinajstić information content (AvgIpc) is 2.20. The molecule has 1 aromatic carbocycles. The minimum Gasteiger partial charge on any atom is -0.396 e. The van der Waals surface area contributed by atoms with Gasteiger partial charge in [0.15, 0.2) is 0 Å². The minimum absolute atomic E-state index is 0.194. The van der Waals surface area contributed by atoms with Gasteiger partial charge in [-0.05, 0) is 18.2 Å². The Morgan fingerprint density at radius 2 is 2.06 bits per heavy atom. The topological polar surface area (TPSA) is 106 Å². The van der Waals surface area contributed by atoms with Crippen molar-refractivity contribution in [1.82, 2.24) is 4.31 Å². The summed E-state index contributed by atoms with van der Waals surface area (Å²) < 4.78 is 37.4. The highest BCUT2D eigenvalue weighted by Crippen LogP contribution is 2.19. The molecule has 8 heteroatoms. The monoisotopic (exact) mass is 261 g/mol. The third-order valence-corrected chi connectivity index (χ3v) is 3.85. The zero-order chi connectivity index (χ0) is 13.2. The fourth-order valence-electron chi connectivity index (χ4n) is 1.17. The molecule has 0 spiro atoms. The number of carbonyl (C=O) groups excluding carboxylic acids is 1. The largest absolute Gasteiger partial charge is 0.396 e. The molecule has 0 fully saturated rings. The number of primary amides is 1. The number of nitrogens with two attached hydrogens (primary N) is 2. The van der Waals surface area contributed by atoms with E-state index in [4.69, 9.17) is 11.5 Å². The smallest absolute Gasteiger partial charge is 0.243 e. The Bertz CT molecular complexity index is 544. The van der Waals surface area contributed by atoms with Crippen LogP contribution in [0.15, 0.2) is 23.1 Å². The molecule has 0 heterocycles. The normalized spacial score (nSPS) is 11.7. The second-order valence-electron chi connectivity index (χ2n) is 3.41. The minimum atomic E-state index is -3.89. The summed E-state index contributed by atoms with van der Waals surface area (Å²) in [5, 5.41) is 0. The molecule has 0 aliphatic rings. The number of sulfonamides is 1. The van der Waals surface area contributed by atoms with Crippen LogP contribution in [0.4, 0.5) is 10.1 Å². The van der Waals surface area contributed by atoms with Crippen LogP contribution in [0.25, 0.3) is 0 Å². The fourth-order valence-corrected chi connectivity index (χ4v) is 2.34. The number of amides is 1. The van der Waals surface area contributed by atoms with Crippen molar-refractivity contribution in [2.24, 2.45) is 5.73 Å². The van der Waals surface area contributed by atoms with E-state index in [0.29, 0.717) is 0 Å². The van der Waals surface area contributed by atoms with E-state index in [-0.39, 0.29) is 10.6 Å². The molecule has 0 atom stereocenters. The van der Waals surface area contributed by atoms with Gasteiger partial charge in [0.05, 0.1) is 17.1 Å². The van der Waals surface area contributed by atoms with Gasteiger partial charge in [0, 0.05) is 7.05 Å². The molecular weight excluding hydrogens is 249 g/mol. The molecule has 94 valence electrons. The summed E-state index contributed by atoms with van der Waals surface area (Å²) in [5.74, 6) is -1.49. The molecule has 0 unspecified atom stereocenters. The molecule has 0 aromatic heterocycles. The van der Waals surface area contributed by atoms with Gasteiger partial charge in [-0.1, -0.05) is 0 Å². The Hall–Kier alpha value is -1.67. The number of rotatable bonds is 4. The maximum atomic E-state index is 12.9. The van der Waals surface area contributed by atoms with Crippen molar-refractivity contribution in [2.45, 2.75) is 4.90 Å². The number of carbonyl (C=O) groups is 1. The van der Waals surface area contributed by atoms with Crippen molar-refractivity contribution in [3.8, 4) is 0 Å². The number of nitrogen functional groups attached to an aromatic ring is 1. The second-order valence-corrected chi connectivity index (χ2v) is 5.46. The predicted octanol–water partition coefficient (Wildman–Crippen LogP) is -0.486. The molecule has 0 aliphatic heterocycles. The zero-order valence-electron chi connectivity index (χ0n) is 9.05. The molecule has 0 saturated heterocycles. The molecule has 6 nitrogen and oxygen atoms in total. The van der Waals surface area contributed by atoms with Gasteiger partial charge >= 0.3 is 0 Å². The average molecular weight is 261 g/mol. The lowest BCUT2D eigenvalue weighted by Crippen LogP contribution is -2.35. The van der Waals surface area contributed by atoms with E-state index in [1.807, 2.05) is 0 Å². The fraction of sp³-hybridized carbons (Fsp3) is 0.222. The van der Waals surface area contributed by atoms with Gasteiger partial charge < -0.3 is 11.5 Å². The van der Waals surface area contributed by atoms with E-state index >= 15 is 0 Å². The number of halogens is 1. The lowest BCUT2D eigenvalue weighted by Gasteiger charge is -2.15. The number of nitrogens with zero attached hydrogens (tertiary/aromatic N) is 1. The first kappa shape index (κ1) is 13.4.